The minimum atomic E-state index is -0.470. The zero-order valence-electron chi connectivity index (χ0n) is 10.5. The highest BCUT2D eigenvalue weighted by Gasteiger charge is 2.30. The molecule has 1 aromatic rings. The van der Waals surface area contributed by atoms with E-state index in [1.54, 1.807) is 0 Å². The number of terminal acetylenes is 1. The van der Waals surface area contributed by atoms with Gasteiger partial charge in [0, 0.05) is 0 Å². The summed E-state index contributed by atoms with van der Waals surface area (Å²) < 4.78 is 4.85. The van der Waals surface area contributed by atoms with Gasteiger partial charge in [-0.25, -0.2) is 4.79 Å². The molecule has 0 saturated heterocycles. The van der Waals surface area contributed by atoms with Gasteiger partial charge in [-0.15, -0.1) is 6.42 Å². The van der Waals surface area contributed by atoms with Gasteiger partial charge in [0.15, 0.2) is 0 Å². The largest absolute Gasteiger partial charge is 0.468 e. The van der Waals surface area contributed by atoms with Crippen molar-refractivity contribution < 1.29 is 9.53 Å². The highest BCUT2D eigenvalue weighted by Crippen LogP contribution is 2.43. The standard InChI is InChI=1S/C15H17NO2/c1-3-10-16-14(15(17)18-2)13-7-5-4-6-12(13)11-8-9-11/h1,4-7,11,14,16H,8-10H2,2H3. The van der Waals surface area contributed by atoms with Crippen LogP contribution < -0.4 is 5.32 Å². The Morgan fingerprint density at radius 2 is 2.28 bits per heavy atom. The molecular formula is C15H17NO2. The number of ether oxygens (including phenoxy) is 1. The molecule has 0 bridgehead atoms. The van der Waals surface area contributed by atoms with Crippen LogP contribution in [0.3, 0.4) is 0 Å². The van der Waals surface area contributed by atoms with Crippen molar-refractivity contribution in [3.63, 3.8) is 0 Å². The van der Waals surface area contributed by atoms with Gasteiger partial charge in [0.25, 0.3) is 0 Å². The SMILES string of the molecule is C#CCNC(C(=O)OC)c1ccccc1C1CC1. The molecule has 0 aliphatic heterocycles. The van der Waals surface area contributed by atoms with E-state index in [1.807, 2.05) is 18.2 Å². The van der Waals surface area contributed by atoms with Crippen molar-refractivity contribution in [2.75, 3.05) is 13.7 Å². The molecule has 18 heavy (non-hydrogen) atoms. The lowest BCUT2D eigenvalue weighted by Gasteiger charge is -2.18. The van der Waals surface area contributed by atoms with Gasteiger partial charge in [-0.1, -0.05) is 30.2 Å². The number of hydrogen-bond donors (Lipinski definition) is 1. The van der Waals surface area contributed by atoms with Crippen LogP contribution in [0, 0.1) is 12.3 Å². The molecule has 0 spiro atoms. The highest BCUT2D eigenvalue weighted by molar-refractivity contribution is 5.78. The van der Waals surface area contributed by atoms with Crippen LogP contribution in [0.15, 0.2) is 24.3 Å². The minimum Gasteiger partial charge on any atom is -0.468 e. The van der Waals surface area contributed by atoms with E-state index in [2.05, 4.69) is 17.3 Å². The summed E-state index contributed by atoms with van der Waals surface area (Å²) in [6.07, 6.45) is 7.63. The first-order valence-electron chi connectivity index (χ1n) is 6.11. The third kappa shape index (κ3) is 2.72. The maximum absolute atomic E-state index is 11.9. The second-order valence-corrected chi connectivity index (χ2v) is 4.44. The Morgan fingerprint density at radius 1 is 1.56 bits per heavy atom. The van der Waals surface area contributed by atoms with Gasteiger partial charge in [-0.05, 0) is 29.9 Å². The van der Waals surface area contributed by atoms with Crippen molar-refractivity contribution in [3.8, 4) is 12.3 Å². The molecule has 0 heterocycles. The van der Waals surface area contributed by atoms with Gasteiger partial charge < -0.3 is 4.74 Å². The average Bonchev–Trinajstić information content (AvgIpc) is 3.23. The predicted octanol–water partition coefficient (Wildman–Crippen LogP) is 2.00. The number of carbonyl (C=O) groups is 1. The Kier molecular flexibility index (Phi) is 4.01. The van der Waals surface area contributed by atoms with E-state index in [-0.39, 0.29) is 5.97 Å². The van der Waals surface area contributed by atoms with Crippen LogP contribution in [0.1, 0.15) is 35.9 Å². The number of methoxy groups -OCH3 is 1. The first-order valence-corrected chi connectivity index (χ1v) is 6.11. The first kappa shape index (κ1) is 12.7. The van der Waals surface area contributed by atoms with E-state index < -0.39 is 6.04 Å². The van der Waals surface area contributed by atoms with Crippen molar-refractivity contribution >= 4 is 5.97 Å². The molecule has 1 atom stereocenters. The zero-order valence-corrected chi connectivity index (χ0v) is 10.5. The Balaban J connectivity index is 2.29. The molecule has 1 aliphatic carbocycles. The summed E-state index contributed by atoms with van der Waals surface area (Å²) in [6.45, 7) is 0.346. The third-order valence-corrected chi connectivity index (χ3v) is 3.17. The van der Waals surface area contributed by atoms with Gasteiger partial charge in [0.1, 0.15) is 6.04 Å². The van der Waals surface area contributed by atoms with Crippen LogP contribution in [0.4, 0.5) is 0 Å². The van der Waals surface area contributed by atoms with Gasteiger partial charge in [0.2, 0.25) is 0 Å². The molecule has 3 heteroatoms. The number of benzene rings is 1. The third-order valence-electron chi connectivity index (χ3n) is 3.17. The summed E-state index contributed by atoms with van der Waals surface area (Å²) >= 11 is 0. The summed E-state index contributed by atoms with van der Waals surface area (Å²) in [5.41, 5.74) is 2.22. The summed E-state index contributed by atoms with van der Waals surface area (Å²) in [5.74, 6) is 2.78. The Hall–Kier alpha value is -1.79. The fraction of sp³-hybridized carbons (Fsp3) is 0.400. The summed E-state index contributed by atoms with van der Waals surface area (Å²) in [7, 11) is 1.40. The zero-order chi connectivity index (χ0) is 13.0. The van der Waals surface area contributed by atoms with Crippen molar-refractivity contribution in [2.45, 2.75) is 24.8 Å². The number of esters is 1. The van der Waals surface area contributed by atoms with Gasteiger partial charge in [0.05, 0.1) is 13.7 Å². The van der Waals surface area contributed by atoms with Crippen LogP contribution in [0.2, 0.25) is 0 Å². The fourth-order valence-electron chi connectivity index (χ4n) is 2.14. The molecule has 0 amide bonds. The summed E-state index contributed by atoms with van der Waals surface area (Å²) in [4.78, 5) is 11.9. The second-order valence-electron chi connectivity index (χ2n) is 4.44. The summed E-state index contributed by atoms with van der Waals surface area (Å²) in [6, 6.07) is 7.53. The van der Waals surface area contributed by atoms with E-state index in [4.69, 9.17) is 11.2 Å². The lowest BCUT2D eigenvalue weighted by atomic mass is 9.97. The Bertz CT molecular complexity index is 472. The van der Waals surface area contributed by atoms with Crippen LogP contribution in [0.5, 0.6) is 0 Å². The maximum atomic E-state index is 11.9. The number of rotatable bonds is 5. The number of nitrogens with one attached hydrogen (secondary N) is 1. The minimum absolute atomic E-state index is 0.293. The smallest absolute Gasteiger partial charge is 0.327 e. The molecule has 3 nitrogen and oxygen atoms in total. The van der Waals surface area contributed by atoms with Crippen LogP contribution >= 0.6 is 0 Å². The number of carbonyl (C=O) groups excluding carboxylic acids is 1. The Morgan fingerprint density at radius 3 is 2.89 bits per heavy atom. The van der Waals surface area contributed by atoms with Gasteiger partial charge in [-0.3, -0.25) is 5.32 Å². The molecule has 1 unspecified atom stereocenters. The Labute approximate surface area is 108 Å². The average molecular weight is 243 g/mol. The normalized spacial score (nSPS) is 15.8. The van der Waals surface area contributed by atoms with Gasteiger partial charge >= 0.3 is 5.97 Å². The van der Waals surface area contributed by atoms with E-state index in [0.29, 0.717) is 12.5 Å². The maximum Gasteiger partial charge on any atom is 0.327 e. The lowest BCUT2D eigenvalue weighted by molar-refractivity contribution is -0.143. The molecule has 1 aromatic carbocycles. The molecule has 0 radical (unpaired) electrons. The van der Waals surface area contributed by atoms with Crippen molar-refractivity contribution in [1.82, 2.24) is 5.32 Å². The quantitative estimate of drug-likeness (QED) is 0.635. The van der Waals surface area contributed by atoms with E-state index in [1.165, 1.54) is 25.5 Å². The molecular weight excluding hydrogens is 226 g/mol. The van der Waals surface area contributed by atoms with Crippen LogP contribution in [0.25, 0.3) is 0 Å². The first-order chi connectivity index (χ1) is 8.77. The van der Waals surface area contributed by atoms with E-state index in [0.717, 1.165) is 5.56 Å². The molecule has 1 fully saturated rings. The van der Waals surface area contributed by atoms with E-state index in [9.17, 15) is 4.79 Å². The molecule has 2 rings (SSSR count). The van der Waals surface area contributed by atoms with Crippen LogP contribution in [-0.4, -0.2) is 19.6 Å². The summed E-state index contributed by atoms with van der Waals surface area (Å²) in [5, 5.41) is 3.05. The molecule has 1 aliphatic rings. The van der Waals surface area contributed by atoms with Crippen molar-refractivity contribution in [3.05, 3.63) is 35.4 Å². The van der Waals surface area contributed by atoms with Crippen molar-refractivity contribution in [1.29, 1.82) is 0 Å². The van der Waals surface area contributed by atoms with Crippen molar-refractivity contribution in [2.24, 2.45) is 0 Å². The predicted molar refractivity (Wildman–Crippen MR) is 70.0 cm³/mol. The molecule has 1 saturated carbocycles. The lowest BCUT2D eigenvalue weighted by Crippen LogP contribution is -2.30. The molecule has 1 N–H and O–H groups in total. The molecule has 0 aromatic heterocycles. The highest BCUT2D eigenvalue weighted by atomic mass is 16.5. The monoisotopic (exact) mass is 243 g/mol. The van der Waals surface area contributed by atoms with Gasteiger partial charge in [-0.2, -0.15) is 0 Å². The fourth-order valence-corrected chi connectivity index (χ4v) is 2.14. The van der Waals surface area contributed by atoms with E-state index >= 15 is 0 Å². The topological polar surface area (TPSA) is 38.3 Å². The second kappa shape index (κ2) is 5.70. The number of hydrogen-bond acceptors (Lipinski definition) is 3. The molecule has 94 valence electrons. The van der Waals surface area contributed by atoms with Crippen LogP contribution in [-0.2, 0) is 9.53 Å².